The lowest BCUT2D eigenvalue weighted by atomic mass is 9.81. The molecule has 0 fully saturated rings. The van der Waals surface area contributed by atoms with Gasteiger partial charge in [-0.2, -0.15) is 0 Å². The minimum absolute atomic E-state index is 0.0147. The van der Waals surface area contributed by atoms with Crippen molar-refractivity contribution in [2.24, 2.45) is 5.41 Å². The van der Waals surface area contributed by atoms with Crippen LogP contribution in [0.4, 0.5) is 5.69 Å². The van der Waals surface area contributed by atoms with Crippen LogP contribution in [-0.2, 0) is 4.79 Å². The van der Waals surface area contributed by atoms with Gasteiger partial charge in [0.25, 0.3) is 0 Å². The third-order valence-corrected chi connectivity index (χ3v) is 4.60. The number of anilines is 1. The summed E-state index contributed by atoms with van der Waals surface area (Å²) in [6.45, 7) is 8.25. The number of carbonyl (C=O) groups excluding carboxylic acids is 1. The number of nitrogens with one attached hydrogen (secondary N) is 1. The van der Waals surface area contributed by atoms with E-state index < -0.39 is 5.41 Å². The van der Waals surface area contributed by atoms with Crippen molar-refractivity contribution < 1.29 is 9.90 Å². The molecule has 0 aliphatic rings. The van der Waals surface area contributed by atoms with Crippen LogP contribution in [0.15, 0.2) is 60.7 Å². The van der Waals surface area contributed by atoms with Gasteiger partial charge in [0.05, 0.1) is 6.54 Å². The summed E-state index contributed by atoms with van der Waals surface area (Å²) < 4.78 is 0. The molecule has 0 aliphatic carbocycles. The number of para-hydroxylation sites is 1. The Kier molecular flexibility index (Phi) is 6.95. The molecule has 0 radical (unpaired) electrons. The average molecular weight is 354 g/mol. The van der Waals surface area contributed by atoms with Crippen molar-refractivity contribution in [3.05, 3.63) is 66.2 Å². The fourth-order valence-corrected chi connectivity index (χ4v) is 3.18. The molecule has 140 valence electrons. The van der Waals surface area contributed by atoms with E-state index in [4.69, 9.17) is 0 Å². The van der Waals surface area contributed by atoms with E-state index in [0.29, 0.717) is 0 Å². The molecule has 2 rings (SSSR count). The molecular formula is C22H30N2O2. The van der Waals surface area contributed by atoms with Gasteiger partial charge >= 0.3 is 0 Å². The summed E-state index contributed by atoms with van der Waals surface area (Å²) in [5.41, 5.74) is 1.57. The molecule has 0 aliphatic heterocycles. The number of nitrogens with zero attached hydrogens (tertiary/aromatic N) is 1. The van der Waals surface area contributed by atoms with Gasteiger partial charge in [-0.1, -0.05) is 62.4 Å². The Morgan fingerprint density at radius 2 is 1.58 bits per heavy atom. The summed E-state index contributed by atoms with van der Waals surface area (Å²) in [5, 5.41) is 13.2. The first kappa shape index (κ1) is 20.1. The van der Waals surface area contributed by atoms with Crippen LogP contribution in [-0.4, -0.2) is 30.2 Å². The second kappa shape index (κ2) is 8.97. The molecule has 0 unspecified atom stereocenters. The second-order valence-corrected chi connectivity index (χ2v) is 7.56. The van der Waals surface area contributed by atoms with E-state index >= 15 is 0 Å². The molecule has 2 aromatic carbocycles. The molecule has 0 saturated carbocycles. The Morgan fingerprint density at radius 1 is 1.04 bits per heavy atom. The van der Waals surface area contributed by atoms with Crippen molar-refractivity contribution in [1.82, 2.24) is 5.32 Å². The minimum atomic E-state index is -0.392. The van der Waals surface area contributed by atoms with Crippen LogP contribution in [0.5, 0.6) is 0 Å². The van der Waals surface area contributed by atoms with E-state index in [1.807, 2.05) is 88.4 Å². The Labute approximate surface area is 156 Å². The highest BCUT2D eigenvalue weighted by molar-refractivity contribution is 5.95. The van der Waals surface area contributed by atoms with Crippen molar-refractivity contribution in [3.63, 3.8) is 0 Å². The summed E-state index contributed by atoms with van der Waals surface area (Å²) in [5.74, 6) is 0.0147. The van der Waals surface area contributed by atoms with Gasteiger partial charge in [0, 0.05) is 29.8 Å². The highest BCUT2D eigenvalue weighted by atomic mass is 16.3. The van der Waals surface area contributed by atoms with Crippen molar-refractivity contribution in [3.8, 4) is 0 Å². The summed E-state index contributed by atoms with van der Waals surface area (Å²) in [4.78, 5) is 14.7. The fraction of sp³-hybridized carbons (Fsp3) is 0.409. The molecule has 0 spiro atoms. The third-order valence-electron chi connectivity index (χ3n) is 4.60. The van der Waals surface area contributed by atoms with Crippen LogP contribution in [0.25, 0.3) is 0 Å². The van der Waals surface area contributed by atoms with Gasteiger partial charge in [-0.25, -0.2) is 0 Å². The van der Waals surface area contributed by atoms with E-state index in [1.165, 1.54) is 0 Å². The van der Waals surface area contributed by atoms with Crippen LogP contribution in [0, 0.1) is 5.41 Å². The van der Waals surface area contributed by atoms with Gasteiger partial charge in [0.15, 0.2) is 0 Å². The zero-order valence-corrected chi connectivity index (χ0v) is 16.1. The molecule has 0 heterocycles. The van der Waals surface area contributed by atoms with E-state index in [-0.39, 0.29) is 31.1 Å². The molecule has 4 heteroatoms. The first-order valence-corrected chi connectivity index (χ1v) is 9.13. The lowest BCUT2D eigenvalue weighted by molar-refractivity contribution is -0.118. The molecule has 2 aromatic rings. The zero-order chi connectivity index (χ0) is 19.2. The predicted octanol–water partition coefficient (Wildman–Crippen LogP) is 3.78. The Morgan fingerprint density at radius 3 is 2.08 bits per heavy atom. The molecule has 4 nitrogen and oxygen atoms in total. The molecule has 1 amide bonds. The Hall–Kier alpha value is -2.17. The Balaban J connectivity index is 2.18. The van der Waals surface area contributed by atoms with Gasteiger partial charge in [-0.05, 0) is 31.5 Å². The average Bonchev–Trinajstić information content (AvgIpc) is 2.63. The number of aliphatic hydroxyl groups excluding tert-OH is 1. The lowest BCUT2D eigenvalue weighted by Gasteiger charge is -2.35. The Bertz CT molecular complexity index is 684. The molecular weight excluding hydrogens is 324 g/mol. The van der Waals surface area contributed by atoms with Gasteiger partial charge in [-0.3, -0.25) is 4.79 Å². The number of benzene rings is 2. The number of carbonyl (C=O) groups is 1. The SMILES string of the molecule is CC(C)N(C(=O)CN[C@H](c1ccccc1)C(C)(C)CO)c1ccccc1. The predicted molar refractivity (Wildman–Crippen MR) is 107 cm³/mol. The van der Waals surface area contributed by atoms with Gasteiger partial charge in [0.1, 0.15) is 0 Å². The first-order chi connectivity index (χ1) is 12.4. The van der Waals surface area contributed by atoms with Crippen LogP contribution in [0.3, 0.4) is 0 Å². The summed E-state index contributed by atoms with van der Waals surface area (Å²) in [6, 6.07) is 19.6. The quantitative estimate of drug-likeness (QED) is 0.758. The standard InChI is InChI=1S/C22H30N2O2/c1-17(2)24(19-13-9-6-10-14-19)20(26)15-23-21(22(3,4)16-25)18-11-7-5-8-12-18/h5-14,17,21,23,25H,15-16H2,1-4H3/t21-/m1/s1. The van der Waals surface area contributed by atoms with E-state index in [2.05, 4.69) is 5.32 Å². The van der Waals surface area contributed by atoms with Crippen LogP contribution in [0.2, 0.25) is 0 Å². The normalized spacial score (nSPS) is 12.8. The maximum Gasteiger partial charge on any atom is 0.241 e. The molecule has 0 aromatic heterocycles. The number of amides is 1. The van der Waals surface area contributed by atoms with Gasteiger partial charge in [-0.15, -0.1) is 0 Å². The number of aliphatic hydroxyl groups is 1. The van der Waals surface area contributed by atoms with Crippen LogP contribution >= 0.6 is 0 Å². The van der Waals surface area contributed by atoms with Crippen molar-refractivity contribution in [2.45, 2.75) is 39.8 Å². The lowest BCUT2D eigenvalue weighted by Crippen LogP contribution is -2.46. The van der Waals surface area contributed by atoms with Crippen LogP contribution in [0.1, 0.15) is 39.3 Å². The fourth-order valence-electron chi connectivity index (χ4n) is 3.18. The van der Waals surface area contributed by atoms with Crippen molar-refractivity contribution >= 4 is 11.6 Å². The second-order valence-electron chi connectivity index (χ2n) is 7.56. The summed E-state index contributed by atoms with van der Waals surface area (Å²) >= 11 is 0. The molecule has 0 bridgehead atoms. The zero-order valence-electron chi connectivity index (χ0n) is 16.1. The smallest absolute Gasteiger partial charge is 0.241 e. The third kappa shape index (κ3) is 4.93. The minimum Gasteiger partial charge on any atom is -0.396 e. The maximum atomic E-state index is 12.9. The molecule has 0 saturated heterocycles. The number of hydrogen-bond donors (Lipinski definition) is 2. The number of hydrogen-bond acceptors (Lipinski definition) is 3. The van der Waals surface area contributed by atoms with Gasteiger partial charge < -0.3 is 15.3 Å². The molecule has 2 N–H and O–H groups in total. The van der Waals surface area contributed by atoms with Crippen molar-refractivity contribution in [2.75, 3.05) is 18.1 Å². The largest absolute Gasteiger partial charge is 0.396 e. The highest BCUT2D eigenvalue weighted by Crippen LogP contribution is 2.32. The maximum absolute atomic E-state index is 12.9. The van der Waals surface area contributed by atoms with E-state index in [1.54, 1.807) is 4.90 Å². The monoisotopic (exact) mass is 354 g/mol. The number of rotatable bonds is 8. The first-order valence-electron chi connectivity index (χ1n) is 9.13. The highest BCUT2D eigenvalue weighted by Gasteiger charge is 2.31. The topological polar surface area (TPSA) is 52.6 Å². The molecule has 26 heavy (non-hydrogen) atoms. The van der Waals surface area contributed by atoms with E-state index in [0.717, 1.165) is 11.3 Å². The van der Waals surface area contributed by atoms with Gasteiger partial charge in [0.2, 0.25) is 5.91 Å². The van der Waals surface area contributed by atoms with Crippen molar-refractivity contribution in [1.29, 1.82) is 0 Å². The summed E-state index contributed by atoms with van der Waals surface area (Å²) in [7, 11) is 0. The summed E-state index contributed by atoms with van der Waals surface area (Å²) in [6.07, 6.45) is 0. The van der Waals surface area contributed by atoms with E-state index in [9.17, 15) is 9.90 Å². The molecule has 1 atom stereocenters. The van der Waals surface area contributed by atoms with Crippen LogP contribution < -0.4 is 10.2 Å².